The van der Waals surface area contributed by atoms with E-state index in [9.17, 15) is 4.79 Å². The minimum absolute atomic E-state index is 0.0675. The fourth-order valence-electron chi connectivity index (χ4n) is 2.05. The van der Waals surface area contributed by atoms with E-state index in [2.05, 4.69) is 10.6 Å². The number of rotatable bonds is 1. The number of benzene rings is 2. The number of halogens is 1. The molecule has 0 saturated heterocycles. The first kappa shape index (κ1) is 12.0. The molecule has 1 heterocycles. The second kappa shape index (κ2) is 4.57. The molecule has 3 N–H and O–H groups in total. The summed E-state index contributed by atoms with van der Waals surface area (Å²) in [6.45, 7) is -0.0675. The molecule has 96 valence electrons. The summed E-state index contributed by atoms with van der Waals surface area (Å²) in [6, 6.07) is 10.4. The van der Waals surface area contributed by atoms with Gasteiger partial charge in [-0.15, -0.1) is 0 Å². The molecule has 0 bridgehead atoms. The monoisotopic (exact) mass is 274 g/mol. The predicted octanol–water partition coefficient (Wildman–Crippen LogP) is 3.14. The van der Waals surface area contributed by atoms with E-state index in [1.165, 1.54) is 0 Å². The van der Waals surface area contributed by atoms with Crippen molar-refractivity contribution in [1.82, 2.24) is 0 Å². The summed E-state index contributed by atoms with van der Waals surface area (Å²) in [5.41, 5.74) is 3.35. The normalized spacial score (nSPS) is 12.8. The summed E-state index contributed by atoms with van der Waals surface area (Å²) >= 11 is 5.95. The van der Waals surface area contributed by atoms with E-state index in [1.54, 1.807) is 30.3 Å². The predicted molar refractivity (Wildman–Crippen MR) is 75.1 cm³/mol. The average molecular weight is 275 g/mol. The van der Waals surface area contributed by atoms with Crippen LogP contribution in [0, 0.1) is 0 Å². The number of aliphatic hydroxyl groups excluding tert-OH is 1. The highest BCUT2D eigenvalue weighted by atomic mass is 35.5. The Kier molecular flexibility index (Phi) is 2.89. The molecule has 5 heteroatoms. The molecule has 1 aliphatic heterocycles. The van der Waals surface area contributed by atoms with Crippen LogP contribution >= 0.6 is 11.6 Å². The molecule has 0 aliphatic carbocycles. The lowest BCUT2D eigenvalue weighted by Gasteiger charge is -2.09. The largest absolute Gasteiger partial charge is 0.392 e. The van der Waals surface area contributed by atoms with Crippen molar-refractivity contribution in [3.63, 3.8) is 0 Å². The van der Waals surface area contributed by atoms with Crippen molar-refractivity contribution in [2.24, 2.45) is 0 Å². The van der Waals surface area contributed by atoms with Crippen LogP contribution in [0.4, 0.5) is 17.1 Å². The van der Waals surface area contributed by atoms with Gasteiger partial charge in [0.15, 0.2) is 0 Å². The van der Waals surface area contributed by atoms with E-state index in [0.29, 0.717) is 22.0 Å². The second-order valence-electron chi connectivity index (χ2n) is 4.31. The molecule has 0 unspecified atom stereocenters. The Morgan fingerprint density at radius 1 is 1.00 bits per heavy atom. The number of amides is 1. The van der Waals surface area contributed by atoms with Gasteiger partial charge in [-0.05, 0) is 35.9 Å². The van der Waals surface area contributed by atoms with Gasteiger partial charge in [-0.3, -0.25) is 4.79 Å². The fraction of sp³-hybridized carbons (Fsp3) is 0.0714. The first-order valence-corrected chi connectivity index (χ1v) is 6.17. The van der Waals surface area contributed by atoms with Crippen molar-refractivity contribution >= 4 is 34.6 Å². The molecule has 0 fully saturated rings. The second-order valence-corrected chi connectivity index (χ2v) is 4.74. The Morgan fingerprint density at radius 3 is 2.63 bits per heavy atom. The van der Waals surface area contributed by atoms with Gasteiger partial charge >= 0.3 is 0 Å². The molecule has 0 atom stereocenters. The van der Waals surface area contributed by atoms with Crippen LogP contribution in [0.2, 0.25) is 5.02 Å². The molecule has 0 spiro atoms. The third-order valence-electron chi connectivity index (χ3n) is 3.01. The van der Waals surface area contributed by atoms with Crippen molar-refractivity contribution in [2.75, 3.05) is 10.6 Å². The summed E-state index contributed by atoms with van der Waals surface area (Å²) in [4.78, 5) is 12.1. The third-order valence-corrected chi connectivity index (χ3v) is 3.25. The highest BCUT2D eigenvalue weighted by molar-refractivity contribution is 6.31. The van der Waals surface area contributed by atoms with Crippen molar-refractivity contribution in [1.29, 1.82) is 0 Å². The maximum atomic E-state index is 12.1. The van der Waals surface area contributed by atoms with E-state index in [1.807, 2.05) is 6.07 Å². The summed E-state index contributed by atoms with van der Waals surface area (Å²) < 4.78 is 0. The molecule has 4 nitrogen and oxygen atoms in total. The standard InChI is InChI=1S/C14H11ClN2O2/c15-9-2-3-10-12(6-9)16-11-4-1-8(7-18)5-13(11)17-14(10)19/h1-6,16,18H,7H2,(H,17,19). The lowest BCUT2D eigenvalue weighted by molar-refractivity contribution is 0.102. The number of nitrogens with one attached hydrogen (secondary N) is 2. The number of carbonyl (C=O) groups is 1. The molecule has 1 aliphatic rings. The first-order chi connectivity index (χ1) is 9.17. The molecule has 0 aromatic heterocycles. The van der Waals surface area contributed by atoms with Crippen molar-refractivity contribution < 1.29 is 9.90 Å². The third kappa shape index (κ3) is 2.16. The average Bonchev–Trinajstić information content (AvgIpc) is 2.53. The Balaban J connectivity index is 2.12. The van der Waals surface area contributed by atoms with Crippen LogP contribution in [0.3, 0.4) is 0 Å². The summed E-state index contributed by atoms with van der Waals surface area (Å²) in [5, 5.41) is 15.7. The van der Waals surface area contributed by atoms with Crippen LogP contribution in [0.15, 0.2) is 36.4 Å². The van der Waals surface area contributed by atoms with Gasteiger partial charge in [0, 0.05) is 5.02 Å². The summed E-state index contributed by atoms with van der Waals surface area (Å²) in [7, 11) is 0. The zero-order valence-electron chi connectivity index (χ0n) is 9.90. The Bertz CT molecular complexity index is 670. The van der Waals surface area contributed by atoms with Gasteiger partial charge in [0.05, 0.1) is 29.2 Å². The molecule has 0 radical (unpaired) electrons. The zero-order valence-corrected chi connectivity index (χ0v) is 10.7. The van der Waals surface area contributed by atoms with Crippen LogP contribution in [0.25, 0.3) is 0 Å². The van der Waals surface area contributed by atoms with Gasteiger partial charge < -0.3 is 15.7 Å². The van der Waals surface area contributed by atoms with Crippen LogP contribution in [-0.4, -0.2) is 11.0 Å². The smallest absolute Gasteiger partial charge is 0.257 e. The lowest BCUT2D eigenvalue weighted by Crippen LogP contribution is -2.10. The number of carbonyl (C=O) groups excluding carboxylic acids is 1. The highest BCUT2D eigenvalue weighted by Gasteiger charge is 2.19. The van der Waals surface area contributed by atoms with Crippen LogP contribution < -0.4 is 10.6 Å². The van der Waals surface area contributed by atoms with Gasteiger partial charge in [-0.2, -0.15) is 0 Å². The maximum Gasteiger partial charge on any atom is 0.257 e. The van der Waals surface area contributed by atoms with Crippen molar-refractivity contribution in [3.8, 4) is 0 Å². The van der Waals surface area contributed by atoms with E-state index >= 15 is 0 Å². The molecule has 2 aromatic carbocycles. The quantitative estimate of drug-likeness (QED) is 0.749. The number of hydrogen-bond acceptors (Lipinski definition) is 3. The maximum absolute atomic E-state index is 12.1. The Morgan fingerprint density at radius 2 is 1.84 bits per heavy atom. The number of aliphatic hydroxyl groups is 1. The van der Waals surface area contributed by atoms with Crippen LogP contribution in [-0.2, 0) is 6.61 Å². The van der Waals surface area contributed by atoms with Gasteiger partial charge in [0.25, 0.3) is 5.91 Å². The molecule has 0 saturated carbocycles. The van der Waals surface area contributed by atoms with E-state index < -0.39 is 0 Å². The van der Waals surface area contributed by atoms with Crippen molar-refractivity contribution in [3.05, 3.63) is 52.5 Å². The fourth-order valence-corrected chi connectivity index (χ4v) is 2.23. The van der Waals surface area contributed by atoms with Gasteiger partial charge in [-0.25, -0.2) is 0 Å². The molecular formula is C14H11ClN2O2. The molecular weight excluding hydrogens is 264 g/mol. The number of hydrogen-bond donors (Lipinski definition) is 3. The molecule has 2 aromatic rings. The topological polar surface area (TPSA) is 61.4 Å². The summed E-state index contributed by atoms with van der Waals surface area (Å²) in [6.07, 6.45) is 0. The van der Waals surface area contributed by atoms with Gasteiger partial charge in [0.1, 0.15) is 0 Å². The van der Waals surface area contributed by atoms with Crippen LogP contribution in [0.5, 0.6) is 0 Å². The Hall–Kier alpha value is -2.04. The summed E-state index contributed by atoms with van der Waals surface area (Å²) in [5.74, 6) is -0.201. The minimum atomic E-state index is -0.201. The van der Waals surface area contributed by atoms with Gasteiger partial charge in [-0.1, -0.05) is 17.7 Å². The van der Waals surface area contributed by atoms with E-state index in [-0.39, 0.29) is 12.5 Å². The molecule has 1 amide bonds. The van der Waals surface area contributed by atoms with Crippen molar-refractivity contribution in [2.45, 2.75) is 6.61 Å². The molecule has 19 heavy (non-hydrogen) atoms. The first-order valence-electron chi connectivity index (χ1n) is 5.79. The SMILES string of the molecule is O=C1Nc2cc(CO)ccc2Nc2cc(Cl)ccc21. The van der Waals surface area contributed by atoms with E-state index in [0.717, 1.165) is 11.3 Å². The van der Waals surface area contributed by atoms with E-state index in [4.69, 9.17) is 16.7 Å². The highest BCUT2D eigenvalue weighted by Crippen LogP contribution is 2.33. The minimum Gasteiger partial charge on any atom is -0.392 e. The number of fused-ring (bicyclic) bond motifs is 2. The Labute approximate surface area is 115 Å². The molecule has 3 rings (SSSR count). The van der Waals surface area contributed by atoms with Gasteiger partial charge in [0.2, 0.25) is 0 Å². The lowest BCUT2D eigenvalue weighted by atomic mass is 10.1. The van der Waals surface area contributed by atoms with Crippen LogP contribution in [0.1, 0.15) is 15.9 Å². The number of anilines is 3. The zero-order chi connectivity index (χ0) is 13.4.